The Kier molecular flexibility index (Phi) is 25.0. The molecule has 0 aromatic rings. The number of nitrogens with one attached hydrogen (secondary N) is 9. The van der Waals surface area contributed by atoms with E-state index in [1.807, 2.05) is 5.32 Å². The Hall–Kier alpha value is -6.44. The number of nitrogens with two attached hydrogens (primary N) is 1. The highest BCUT2D eigenvalue weighted by Gasteiger charge is 2.36. The molecule has 15 N–H and O–H groups in total. The number of carboxylic acid groups (broad SMARTS) is 3. The van der Waals surface area contributed by atoms with Gasteiger partial charge in [0.15, 0.2) is 0 Å². The van der Waals surface area contributed by atoms with E-state index in [-0.39, 0.29) is 37.5 Å². The molecule has 26 nitrogen and oxygen atoms in total. The topological polar surface area (TPSA) is 420 Å². The van der Waals surface area contributed by atoms with Crippen molar-refractivity contribution in [2.75, 3.05) is 6.54 Å². The van der Waals surface area contributed by atoms with Gasteiger partial charge < -0.3 is 74.0 Å². The second-order valence-corrected chi connectivity index (χ2v) is 17.3. The number of aliphatic hydroxyl groups excluding tert-OH is 1. The van der Waals surface area contributed by atoms with Gasteiger partial charge in [-0.2, -0.15) is 0 Å². The monoisotopic (exact) mass is 956 g/mol. The van der Waals surface area contributed by atoms with Crippen LogP contribution in [0.25, 0.3) is 0 Å². The molecule has 0 radical (unpaired) electrons. The molecule has 0 aromatic carbocycles. The van der Waals surface area contributed by atoms with Gasteiger partial charge in [0, 0.05) is 12.8 Å². The van der Waals surface area contributed by atoms with Crippen LogP contribution in [0.4, 0.5) is 0 Å². The maximum atomic E-state index is 13.6. The number of aliphatic carboxylic acids is 3. The van der Waals surface area contributed by atoms with Crippen LogP contribution in [0, 0.1) is 11.8 Å². The molecule has 1 fully saturated rings. The SMILES string of the molecule is CC(C)C[C@H](NC(=O)[C@H](CCC(N)=O)NC(=O)[C@@H]1CCCN1)C(=O)N[C@@H](C)C(=O)N[C@H](C(=O)N[C@@H](CC(C)C)C(=O)N[C@@H](C)C(=O)N[C@@H](CC(=O)O)C(=O)N[C@@H](CCC(=O)O)C(=O)O)[C@@H](C)O. The number of carbonyl (C=O) groups is 12. The Balaban J connectivity index is 3.11. The minimum absolute atomic E-state index is 0.0523. The highest BCUT2D eigenvalue weighted by atomic mass is 16.4. The van der Waals surface area contributed by atoms with Crippen molar-refractivity contribution < 1.29 is 78.0 Å². The fraction of sp³-hybridized carbons (Fsp3) is 0.707. The number of primary amides is 1. The Morgan fingerprint density at radius 2 is 0.985 bits per heavy atom. The minimum Gasteiger partial charge on any atom is -0.481 e. The molecule has 1 rings (SSSR count). The van der Waals surface area contributed by atoms with E-state index in [1.165, 1.54) is 6.92 Å². The average Bonchev–Trinajstić information content (AvgIpc) is 3.76. The summed E-state index contributed by atoms with van der Waals surface area (Å²) < 4.78 is 0. The molecule has 1 heterocycles. The molecule has 67 heavy (non-hydrogen) atoms. The van der Waals surface area contributed by atoms with Crippen LogP contribution in [0.2, 0.25) is 0 Å². The maximum Gasteiger partial charge on any atom is 0.326 e. The van der Waals surface area contributed by atoms with Gasteiger partial charge in [-0.15, -0.1) is 0 Å². The summed E-state index contributed by atoms with van der Waals surface area (Å²) in [5.41, 5.74) is 5.29. The van der Waals surface area contributed by atoms with Gasteiger partial charge in [-0.3, -0.25) is 52.7 Å². The second kappa shape index (κ2) is 28.6. The second-order valence-electron chi connectivity index (χ2n) is 17.3. The first kappa shape index (κ1) is 58.6. The Morgan fingerprint density at radius 1 is 0.537 bits per heavy atom. The van der Waals surface area contributed by atoms with Crippen molar-refractivity contribution in [2.24, 2.45) is 17.6 Å². The largest absolute Gasteiger partial charge is 0.481 e. The molecule has 1 aliphatic rings. The van der Waals surface area contributed by atoms with Crippen LogP contribution in [0.1, 0.15) is 106 Å². The lowest BCUT2D eigenvalue weighted by Crippen LogP contribution is -2.61. The van der Waals surface area contributed by atoms with Crippen LogP contribution in [0.5, 0.6) is 0 Å². The third-order valence-corrected chi connectivity index (χ3v) is 10.2. The maximum absolute atomic E-state index is 13.6. The first-order chi connectivity index (χ1) is 31.1. The van der Waals surface area contributed by atoms with Crippen molar-refractivity contribution in [3.05, 3.63) is 0 Å². The van der Waals surface area contributed by atoms with Crippen molar-refractivity contribution >= 4 is 71.1 Å². The summed E-state index contributed by atoms with van der Waals surface area (Å²) in [6.45, 7) is 11.1. The highest BCUT2D eigenvalue weighted by Crippen LogP contribution is 2.11. The molecule has 0 spiro atoms. The summed E-state index contributed by atoms with van der Waals surface area (Å²) in [7, 11) is 0. The summed E-state index contributed by atoms with van der Waals surface area (Å²) >= 11 is 0. The lowest BCUT2D eigenvalue weighted by Gasteiger charge is -2.28. The van der Waals surface area contributed by atoms with E-state index in [4.69, 9.17) is 10.8 Å². The predicted octanol–water partition coefficient (Wildman–Crippen LogP) is -4.18. The van der Waals surface area contributed by atoms with Crippen LogP contribution in [-0.2, 0) is 57.5 Å². The molecule has 378 valence electrons. The van der Waals surface area contributed by atoms with E-state index in [9.17, 15) is 72.9 Å². The van der Waals surface area contributed by atoms with Crippen molar-refractivity contribution in [1.29, 1.82) is 0 Å². The molecule has 0 bridgehead atoms. The van der Waals surface area contributed by atoms with Gasteiger partial charge in [-0.25, -0.2) is 4.79 Å². The fourth-order valence-corrected chi connectivity index (χ4v) is 6.60. The smallest absolute Gasteiger partial charge is 0.326 e. The lowest BCUT2D eigenvalue weighted by molar-refractivity contribution is -0.144. The van der Waals surface area contributed by atoms with Crippen molar-refractivity contribution in [2.45, 2.75) is 167 Å². The van der Waals surface area contributed by atoms with E-state index in [0.29, 0.717) is 13.0 Å². The predicted molar refractivity (Wildman–Crippen MR) is 234 cm³/mol. The third kappa shape index (κ3) is 22.1. The van der Waals surface area contributed by atoms with E-state index in [2.05, 4.69) is 42.5 Å². The van der Waals surface area contributed by atoms with Gasteiger partial charge in [-0.1, -0.05) is 27.7 Å². The zero-order valence-electron chi connectivity index (χ0n) is 38.8. The summed E-state index contributed by atoms with van der Waals surface area (Å²) in [4.78, 5) is 152. The number of hydrogen-bond donors (Lipinski definition) is 14. The third-order valence-electron chi connectivity index (χ3n) is 10.2. The van der Waals surface area contributed by atoms with Gasteiger partial charge in [-0.05, 0) is 77.7 Å². The zero-order valence-corrected chi connectivity index (χ0v) is 38.8. The van der Waals surface area contributed by atoms with Gasteiger partial charge >= 0.3 is 17.9 Å². The number of rotatable bonds is 30. The Bertz CT molecular complexity index is 1800. The molecule has 1 saturated heterocycles. The van der Waals surface area contributed by atoms with Gasteiger partial charge in [0.2, 0.25) is 53.2 Å². The van der Waals surface area contributed by atoms with E-state index in [0.717, 1.165) is 20.3 Å². The van der Waals surface area contributed by atoms with E-state index < -0.39 is 151 Å². The summed E-state index contributed by atoms with van der Waals surface area (Å²) in [5, 5.41) is 60.0. The van der Waals surface area contributed by atoms with Gasteiger partial charge in [0.05, 0.1) is 18.6 Å². The van der Waals surface area contributed by atoms with E-state index in [1.54, 1.807) is 27.7 Å². The highest BCUT2D eigenvalue weighted by molar-refractivity contribution is 5.98. The fourth-order valence-electron chi connectivity index (χ4n) is 6.60. The molecule has 0 aliphatic carbocycles. The van der Waals surface area contributed by atoms with Crippen LogP contribution in [-0.4, -0.2) is 159 Å². The van der Waals surface area contributed by atoms with Crippen LogP contribution >= 0.6 is 0 Å². The molecule has 1 aliphatic heterocycles. The Morgan fingerprint density at radius 3 is 1.42 bits per heavy atom. The van der Waals surface area contributed by atoms with Crippen molar-refractivity contribution in [3.63, 3.8) is 0 Å². The standard InChI is InChI=1S/C41H68N10O16/c1-18(2)15-26(49-36(61)24(10-12-29(42)53)46-35(60)23-9-8-14-43-23)37(62)45-21(6)34(59)51-32(22(7)52)40(65)50-27(16-19(3)4)38(63)44-20(5)33(58)48-28(17-31(56)57)39(64)47-25(41(66)67)11-13-30(54)55/h18-28,32,43,52H,8-17H2,1-7H3,(H2,42,53)(H,44,63)(H,45,62)(H,46,60)(H,47,64)(H,48,58)(H,49,61)(H,50,65)(H,51,59)(H,54,55)(H,56,57)(H,66,67)/t20-,21-,22+,23-,24-,25-,26-,27-,28-,32-/m0/s1. The number of carboxylic acids is 3. The van der Waals surface area contributed by atoms with Crippen molar-refractivity contribution in [3.8, 4) is 0 Å². The van der Waals surface area contributed by atoms with E-state index >= 15 is 0 Å². The summed E-state index contributed by atoms with van der Waals surface area (Å²) in [5.74, 6) is -13.1. The molecule has 0 saturated carbocycles. The molecule has 26 heteroatoms. The Labute approximate surface area is 387 Å². The molecule has 0 aromatic heterocycles. The molecule has 9 amide bonds. The first-order valence-electron chi connectivity index (χ1n) is 21.9. The first-order valence-corrected chi connectivity index (χ1v) is 21.9. The average molecular weight is 957 g/mol. The van der Waals surface area contributed by atoms with Gasteiger partial charge in [0.1, 0.15) is 48.3 Å². The normalized spacial score (nSPS) is 17.4. The number of hydrogen-bond acceptors (Lipinski definition) is 14. The molecular formula is C41H68N10O16. The molecule has 10 atom stereocenters. The molecular weight excluding hydrogens is 889 g/mol. The van der Waals surface area contributed by atoms with Crippen LogP contribution in [0.15, 0.2) is 0 Å². The van der Waals surface area contributed by atoms with Crippen molar-refractivity contribution in [1.82, 2.24) is 47.9 Å². The number of carbonyl (C=O) groups excluding carboxylic acids is 9. The van der Waals surface area contributed by atoms with Gasteiger partial charge in [0.25, 0.3) is 0 Å². The van der Waals surface area contributed by atoms with Crippen LogP contribution < -0.4 is 53.6 Å². The molecule has 0 unspecified atom stereocenters. The van der Waals surface area contributed by atoms with Crippen LogP contribution in [0.3, 0.4) is 0 Å². The summed E-state index contributed by atoms with van der Waals surface area (Å²) in [6.07, 6.45) is -2.92. The number of aliphatic hydroxyl groups is 1. The quantitative estimate of drug-likeness (QED) is 0.0325. The number of amides is 9. The summed E-state index contributed by atoms with van der Waals surface area (Å²) in [6, 6.07) is -12.6. The zero-order chi connectivity index (χ0) is 51.3. The minimum atomic E-state index is -1.87. The lowest BCUT2D eigenvalue weighted by atomic mass is 10.0.